The van der Waals surface area contributed by atoms with Crippen LogP contribution in [-0.2, 0) is 11.0 Å². The van der Waals surface area contributed by atoms with Crippen molar-refractivity contribution >= 4 is 22.6 Å². The van der Waals surface area contributed by atoms with E-state index in [1.54, 1.807) is 12.1 Å². The monoisotopic (exact) mass is 339 g/mol. The SMILES string of the molecule is CC(NS(=O)C(C)(C)C)c1ccc(OCC(F)F)c(Cl)c1. The van der Waals surface area contributed by atoms with E-state index in [4.69, 9.17) is 16.3 Å². The Bertz CT molecular complexity index is 506. The highest BCUT2D eigenvalue weighted by Gasteiger charge is 2.22. The molecule has 0 aromatic heterocycles. The summed E-state index contributed by atoms with van der Waals surface area (Å²) in [6.45, 7) is 6.78. The number of nitrogens with one attached hydrogen (secondary N) is 1. The van der Waals surface area contributed by atoms with Gasteiger partial charge in [-0.2, -0.15) is 0 Å². The lowest BCUT2D eigenvalue weighted by Crippen LogP contribution is -2.34. The second kappa shape index (κ2) is 7.51. The molecule has 2 unspecified atom stereocenters. The number of rotatable bonds is 6. The highest BCUT2D eigenvalue weighted by Crippen LogP contribution is 2.28. The minimum atomic E-state index is -2.55. The van der Waals surface area contributed by atoms with Gasteiger partial charge >= 0.3 is 0 Å². The van der Waals surface area contributed by atoms with E-state index in [-0.39, 0.29) is 21.6 Å². The number of benzene rings is 1. The lowest BCUT2D eigenvalue weighted by molar-refractivity contribution is 0.0819. The highest BCUT2D eigenvalue weighted by molar-refractivity contribution is 7.84. The fourth-order valence-electron chi connectivity index (χ4n) is 1.46. The van der Waals surface area contributed by atoms with Crippen molar-refractivity contribution in [3.05, 3.63) is 28.8 Å². The fourth-order valence-corrected chi connectivity index (χ4v) is 2.52. The summed E-state index contributed by atoms with van der Waals surface area (Å²) in [5, 5.41) is 0.253. The summed E-state index contributed by atoms with van der Waals surface area (Å²) in [7, 11) is -1.21. The lowest BCUT2D eigenvalue weighted by Gasteiger charge is -2.22. The van der Waals surface area contributed by atoms with Gasteiger partial charge in [-0.15, -0.1) is 0 Å². The molecule has 3 nitrogen and oxygen atoms in total. The van der Waals surface area contributed by atoms with E-state index in [1.807, 2.05) is 27.7 Å². The molecule has 1 aromatic rings. The Morgan fingerprint density at radius 2 is 2.00 bits per heavy atom. The molecule has 0 bridgehead atoms. The summed E-state index contributed by atoms with van der Waals surface area (Å²) >= 11 is 6.01. The Labute approximate surface area is 131 Å². The van der Waals surface area contributed by atoms with Gasteiger partial charge in [0, 0.05) is 6.04 Å². The van der Waals surface area contributed by atoms with Crippen LogP contribution in [0.2, 0.25) is 5.02 Å². The summed E-state index contributed by atoms with van der Waals surface area (Å²) in [6, 6.07) is 4.69. The number of hydrogen-bond acceptors (Lipinski definition) is 2. The standard InChI is InChI=1S/C14H20ClF2NO2S/c1-9(18-21(19)14(2,3)4)10-5-6-12(11(15)7-10)20-8-13(16)17/h5-7,9,13,18H,8H2,1-4H3. The van der Waals surface area contributed by atoms with E-state index in [2.05, 4.69) is 4.72 Å². The van der Waals surface area contributed by atoms with Crippen molar-refractivity contribution in [2.45, 2.75) is 44.9 Å². The Kier molecular flexibility index (Phi) is 6.56. The molecule has 0 radical (unpaired) electrons. The Morgan fingerprint density at radius 3 is 2.48 bits per heavy atom. The maximum atomic E-state index is 12.1. The van der Waals surface area contributed by atoms with E-state index in [1.165, 1.54) is 6.07 Å². The van der Waals surface area contributed by atoms with Crippen LogP contribution in [0.4, 0.5) is 8.78 Å². The van der Waals surface area contributed by atoms with Gasteiger partial charge in [-0.05, 0) is 45.4 Å². The van der Waals surface area contributed by atoms with Crippen LogP contribution in [0.3, 0.4) is 0 Å². The topological polar surface area (TPSA) is 38.3 Å². The van der Waals surface area contributed by atoms with Crippen LogP contribution in [0.15, 0.2) is 18.2 Å². The molecule has 21 heavy (non-hydrogen) atoms. The molecule has 0 amide bonds. The molecule has 1 N–H and O–H groups in total. The first-order valence-electron chi connectivity index (χ1n) is 6.49. The number of ether oxygens (including phenoxy) is 1. The van der Waals surface area contributed by atoms with Gasteiger partial charge < -0.3 is 4.74 Å². The van der Waals surface area contributed by atoms with Crippen LogP contribution in [0.1, 0.15) is 39.3 Å². The first-order chi connectivity index (χ1) is 9.61. The zero-order valence-corrected chi connectivity index (χ0v) is 14.0. The van der Waals surface area contributed by atoms with Gasteiger partial charge in [0.25, 0.3) is 6.43 Å². The van der Waals surface area contributed by atoms with Crippen molar-refractivity contribution in [3.8, 4) is 5.75 Å². The molecule has 0 fully saturated rings. The van der Waals surface area contributed by atoms with Crippen LogP contribution >= 0.6 is 11.6 Å². The minimum Gasteiger partial charge on any atom is -0.486 e. The normalized spacial score (nSPS) is 15.0. The second-order valence-electron chi connectivity index (χ2n) is 5.61. The summed E-state index contributed by atoms with van der Waals surface area (Å²) in [6.07, 6.45) is -2.55. The molecular weight excluding hydrogens is 320 g/mol. The zero-order valence-electron chi connectivity index (χ0n) is 12.5. The molecule has 0 heterocycles. The molecule has 120 valence electrons. The van der Waals surface area contributed by atoms with Crippen LogP contribution in [0.25, 0.3) is 0 Å². The molecule has 0 saturated heterocycles. The molecule has 1 aromatic carbocycles. The summed E-state index contributed by atoms with van der Waals surface area (Å²) < 4.78 is 43.8. The van der Waals surface area contributed by atoms with Gasteiger partial charge in [0.1, 0.15) is 12.4 Å². The van der Waals surface area contributed by atoms with Crippen molar-refractivity contribution < 1.29 is 17.7 Å². The maximum Gasteiger partial charge on any atom is 0.272 e. The summed E-state index contributed by atoms with van der Waals surface area (Å²) in [5.41, 5.74) is 0.807. The first-order valence-corrected chi connectivity index (χ1v) is 8.02. The van der Waals surface area contributed by atoms with Crippen LogP contribution in [0, 0.1) is 0 Å². The molecule has 0 aliphatic carbocycles. The average Bonchev–Trinajstić information content (AvgIpc) is 2.35. The van der Waals surface area contributed by atoms with E-state index >= 15 is 0 Å². The zero-order chi connectivity index (χ0) is 16.2. The van der Waals surface area contributed by atoms with Gasteiger partial charge in [-0.25, -0.2) is 17.7 Å². The molecule has 0 aliphatic heterocycles. The molecule has 1 rings (SSSR count). The van der Waals surface area contributed by atoms with Crippen LogP contribution < -0.4 is 9.46 Å². The third-order valence-electron chi connectivity index (χ3n) is 2.66. The van der Waals surface area contributed by atoms with Gasteiger partial charge in [-0.1, -0.05) is 17.7 Å². The van der Waals surface area contributed by atoms with Crippen molar-refractivity contribution in [1.29, 1.82) is 0 Å². The Morgan fingerprint density at radius 1 is 1.38 bits per heavy atom. The average molecular weight is 340 g/mol. The molecule has 7 heteroatoms. The second-order valence-corrected chi connectivity index (χ2v) is 8.02. The van der Waals surface area contributed by atoms with Crippen LogP contribution in [-0.4, -0.2) is 22.0 Å². The number of alkyl halides is 2. The smallest absolute Gasteiger partial charge is 0.272 e. The summed E-state index contributed by atoms with van der Waals surface area (Å²) in [5.74, 6) is 0.213. The number of halogens is 3. The van der Waals surface area contributed by atoms with Crippen molar-refractivity contribution in [2.24, 2.45) is 0 Å². The van der Waals surface area contributed by atoms with E-state index < -0.39 is 24.0 Å². The molecule has 2 atom stereocenters. The summed E-state index contributed by atoms with van der Waals surface area (Å²) in [4.78, 5) is 0. The molecular formula is C14H20ClF2NO2S. The Balaban J connectivity index is 2.76. The van der Waals surface area contributed by atoms with E-state index in [0.717, 1.165) is 5.56 Å². The predicted octanol–water partition coefficient (Wildman–Crippen LogP) is 4.10. The quantitative estimate of drug-likeness (QED) is 0.847. The van der Waals surface area contributed by atoms with Gasteiger partial charge in [0.15, 0.2) is 0 Å². The molecule has 0 aliphatic rings. The predicted molar refractivity (Wildman–Crippen MR) is 82.4 cm³/mol. The third kappa shape index (κ3) is 5.88. The molecule has 0 spiro atoms. The maximum absolute atomic E-state index is 12.1. The van der Waals surface area contributed by atoms with Crippen molar-refractivity contribution in [1.82, 2.24) is 4.72 Å². The fraction of sp³-hybridized carbons (Fsp3) is 0.571. The van der Waals surface area contributed by atoms with Gasteiger partial charge in [0.2, 0.25) is 0 Å². The molecule has 0 saturated carbocycles. The first kappa shape index (κ1) is 18.3. The highest BCUT2D eigenvalue weighted by atomic mass is 35.5. The third-order valence-corrected chi connectivity index (χ3v) is 4.64. The Hall–Kier alpha value is -0.720. The van der Waals surface area contributed by atoms with Gasteiger partial charge in [-0.3, -0.25) is 0 Å². The van der Waals surface area contributed by atoms with Crippen LogP contribution in [0.5, 0.6) is 5.75 Å². The van der Waals surface area contributed by atoms with Crippen molar-refractivity contribution in [3.63, 3.8) is 0 Å². The van der Waals surface area contributed by atoms with Gasteiger partial charge in [0.05, 0.1) is 20.8 Å². The lowest BCUT2D eigenvalue weighted by atomic mass is 10.1. The van der Waals surface area contributed by atoms with E-state index in [9.17, 15) is 13.0 Å². The largest absolute Gasteiger partial charge is 0.486 e. The van der Waals surface area contributed by atoms with E-state index in [0.29, 0.717) is 0 Å². The minimum absolute atomic E-state index is 0.188. The number of hydrogen-bond donors (Lipinski definition) is 1. The van der Waals surface area contributed by atoms with Crippen molar-refractivity contribution in [2.75, 3.05) is 6.61 Å².